The first-order valence-electron chi connectivity index (χ1n) is 8.04. The predicted molar refractivity (Wildman–Crippen MR) is 78.6 cm³/mol. The van der Waals surface area contributed by atoms with Crippen molar-refractivity contribution < 1.29 is 9.26 Å². The van der Waals surface area contributed by atoms with Gasteiger partial charge in [-0.05, 0) is 57.0 Å². The average molecular weight is 294 g/mol. The molecule has 0 aromatic carbocycles. The van der Waals surface area contributed by atoms with E-state index >= 15 is 0 Å². The molecule has 0 amide bonds. The number of piperidine rings is 1. The van der Waals surface area contributed by atoms with Crippen LogP contribution in [0.3, 0.4) is 0 Å². The van der Waals surface area contributed by atoms with Crippen molar-refractivity contribution in [2.75, 3.05) is 20.2 Å². The van der Waals surface area contributed by atoms with E-state index in [-0.39, 0.29) is 0 Å². The quantitative estimate of drug-likeness (QED) is 0.860. The molecule has 0 radical (unpaired) electrons. The van der Waals surface area contributed by atoms with E-state index in [0.29, 0.717) is 30.5 Å². The van der Waals surface area contributed by atoms with Crippen molar-refractivity contribution in [3.8, 4) is 0 Å². The molecule has 3 rings (SSSR count). The minimum Gasteiger partial charge on any atom is -0.375 e. The van der Waals surface area contributed by atoms with E-state index in [4.69, 9.17) is 9.26 Å². The van der Waals surface area contributed by atoms with E-state index in [1.54, 1.807) is 7.11 Å². The molecule has 21 heavy (non-hydrogen) atoms. The second-order valence-corrected chi connectivity index (χ2v) is 6.44. The predicted octanol–water partition coefficient (Wildman–Crippen LogP) is 1.62. The molecule has 2 heterocycles. The minimum absolute atomic E-state index is 0.382. The molecule has 1 aliphatic carbocycles. The van der Waals surface area contributed by atoms with Crippen LogP contribution in [0.4, 0.5) is 0 Å². The van der Waals surface area contributed by atoms with Crippen LogP contribution in [-0.4, -0.2) is 36.4 Å². The molecule has 1 aromatic rings. The maximum atomic E-state index is 5.10. The molecule has 1 aromatic heterocycles. The van der Waals surface area contributed by atoms with E-state index in [9.17, 15) is 0 Å². The molecule has 2 fully saturated rings. The maximum Gasteiger partial charge on any atom is 0.252 e. The fourth-order valence-electron chi connectivity index (χ4n) is 3.67. The zero-order chi connectivity index (χ0) is 14.5. The molecule has 0 bridgehead atoms. The number of rotatable bonds is 5. The lowest BCUT2D eigenvalue weighted by atomic mass is 9.67. The monoisotopic (exact) mass is 294 g/mol. The fourth-order valence-corrected chi connectivity index (χ4v) is 3.67. The number of hydrogen-bond donors (Lipinski definition) is 2. The Morgan fingerprint density at radius 3 is 2.76 bits per heavy atom. The summed E-state index contributed by atoms with van der Waals surface area (Å²) in [6, 6.07) is 0.592. The summed E-state index contributed by atoms with van der Waals surface area (Å²) in [6.07, 6.45) is 7.95. The lowest BCUT2D eigenvalue weighted by molar-refractivity contribution is 0.115. The number of hydrogen-bond acceptors (Lipinski definition) is 6. The first kappa shape index (κ1) is 14.9. The summed E-state index contributed by atoms with van der Waals surface area (Å²) in [4.78, 5) is 4.29. The molecule has 0 atom stereocenters. The topological polar surface area (TPSA) is 72.2 Å². The highest BCUT2D eigenvalue weighted by Crippen LogP contribution is 2.43. The highest BCUT2D eigenvalue weighted by atomic mass is 16.5. The average Bonchev–Trinajstić information content (AvgIpc) is 2.96. The Morgan fingerprint density at radius 1 is 1.29 bits per heavy atom. The molecular weight excluding hydrogens is 268 g/mol. The van der Waals surface area contributed by atoms with Gasteiger partial charge in [-0.15, -0.1) is 0 Å². The lowest BCUT2D eigenvalue weighted by Gasteiger charge is -2.43. The van der Waals surface area contributed by atoms with Crippen molar-refractivity contribution in [1.82, 2.24) is 20.8 Å². The Bertz CT molecular complexity index is 433. The number of nitrogens with zero attached hydrogens (tertiary/aromatic N) is 2. The molecule has 2 aliphatic rings. The first-order chi connectivity index (χ1) is 10.3. The van der Waals surface area contributed by atoms with Crippen molar-refractivity contribution in [2.45, 2.75) is 57.7 Å². The minimum atomic E-state index is 0.382. The number of nitrogens with one attached hydrogen (secondary N) is 2. The van der Waals surface area contributed by atoms with Crippen LogP contribution >= 0.6 is 0 Å². The van der Waals surface area contributed by atoms with Gasteiger partial charge in [0.25, 0.3) is 5.89 Å². The van der Waals surface area contributed by atoms with Crippen molar-refractivity contribution in [2.24, 2.45) is 5.41 Å². The summed E-state index contributed by atoms with van der Waals surface area (Å²) in [5.41, 5.74) is 0.626. The van der Waals surface area contributed by atoms with Crippen LogP contribution in [-0.2, 0) is 17.9 Å². The van der Waals surface area contributed by atoms with Crippen molar-refractivity contribution in [3.63, 3.8) is 0 Å². The van der Waals surface area contributed by atoms with E-state index in [1.807, 2.05) is 0 Å². The first-order valence-corrected chi connectivity index (χ1v) is 8.04. The van der Waals surface area contributed by atoms with Gasteiger partial charge in [-0.1, -0.05) is 5.16 Å². The second-order valence-electron chi connectivity index (χ2n) is 6.44. The van der Waals surface area contributed by atoms with Crippen LogP contribution < -0.4 is 10.6 Å². The third-order valence-electron chi connectivity index (χ3n) is 5.04. The molecule has 1 saturated carbocycles. The molecule has 2 N–H and O–H groups in total. The van der Waals surface area contributed by atoms with E-state index in [2.05, 4.69) is 20.8 Å². The van der Waals surface area contributed by atoms with Gasteiger partial charge in [0.2, 0.25) is 0 Å². The van der Waals surface area contributed by atoms with Gasteiger partial charge < -0.3 is 19.9 Å². The number of aromatic nitrogens is 2. The standard InChI is InChI=1S/C15H26N4O2/c1-20-11-14-18-13(19-21-14)10-17-12-2-4-15(5-3-12)6-8-16-9-7-15/h12,16-17H,2-11H2,1H3. The van der Waals surface area contributed by atoms with Crippen LogP contribution in [0.2, 0.25) is 0 Å². The van der Waals surface area contributed by atoms with Gasteiger partial charge in [-0.25, -0.2) is 0 Å². The largest absolute Gasteiger partial charge is 0.375 e. The molecule has 6 heteroatoms. The maximum absolute atomic E-state index is 5.10. The van der Waals surface area contributed by atoms with E-state index in [0.717, 1.165) is 5.82 Å². The Kier molecular flexibility index (Phi) is 4.87. The fraction of sp³-hybridized carbons (Fsp3) is 0.867. The van der Waals surface area contributed by atoms with E-state index < -0.39 is 0 Å². The van der Waals surface area contributed by atoms with Gasteiger partial charge in [0, 0.05) is 13.2 Å². The Hall–Kier alpha value is -0.980. The summed E-state index contributed by atoms with van der Waals surface area (Å²) in [5, 5.41) is 11.0. The molecule has 118 valence electrons. The normalized spacial score (nSPS) is 22.7. The van der Waals surface area contributed by atoms with Crippen molar-refractivity contribution in [1.29, 1.82) is 0 Å². The van der Waals surface area contributed by atoms with Crippen LogP contribution in [0.15, 0.2) is 4.52 Å². The van der Waals surface area contributed by atoms with E-state index in [1.165, 1.54) is 51.6 Å². The second kappa shape index (κ2) is 6.85. The third-order valence-corrected chi connectivity index (χ3v) is 5.04. The zero-order valence-corrected chi connectivity index (χ0v) is 12.9. The Balaban J connectivity index is 1.42. The zero-order valence-electron chi connectivity index (χ0n) is 12.9. The third kappa shape index (κ3) is 3.81. The lowest BCUT2D eigenvalue weighted by Crippen LogP contribution is -2.43. The SMILES string of the molecule is COCc1nc(CNC2CCC3(CCNCC3)CC2)no1. The van der Waals surface area contributed by atoms with Crippen LogP contribution in [0, 0.1) is 5.41 Å². The molecule has 0 unspecified atom stereocenters. The number of methoxy groups -OCH3 is 1. The van der Waals surface area contributed by atoms with Crippen LogP contribution in [0.5, 0.6) is 0 Å². The van der Waals surface area contributed by atoms with Crippen LogP contribution in [0.1, 0.15) is 50.2 Å². The Morgan fingerprint density at radius 2 is 2.05 bits per heavy atom. The van der Waals surface area contributed by atoms with Crippen molar-refractivity contribution >= 4 is 0 Å². The Labute approximate surface area is 126 Å². The highest BCUT2D eigenvalue weighted by molar-refractivity contribution is 4.92. The molecule has 6 nitrogen and oxygen atoms in total. The molecular formula is C15H26N4O2. The van der Waals surface area contributed by atoms with Gasteiger partial charge in [0.15, 0.2) is 5.82 Å². The van der Waals surface area contributed by atoms with Gasteiger partial charge in [0.1, 0.15) is 6.61 Å². The van der Waals surface area contributed by atoms with Gasteiger partial charge >= 0.3 is 0 Å². The van der Waals surface area contributed by atoms with Crippen molar-refractivity contribution in [3.05, 3.63) is 11.7 Å². The highest BCUT2D eigenvalue weighted by Gasteiger charge is 2.35. The number of ether oxygens (including phenoxy) is 1. The summed E-state index contributed by atoms with van der Waals surface area (Å²) in [6.45, 7) is 3.46. The molecule has 1 saturated heterocycles. The summed E-state index contributed by atoms with van der Waals surface area (Å²) in [5.74, 6) is 1.27. The summed E-state index contributed by atoms with van der Waals surface area (Å²) < 4.78 is 10.1. The summed E-state index contributed by atoms with van der Waals surface area (Å²) >= 11 is 0. The molecule has 1 spiro atoms. The summed E-state index contributed by atoms with van der Waals surface area (Å²) in [7, 11) is 1.63. The molecule has 1 aliphatic heterocycles. The smallest absolute Gasteiger partial charge is 0.252 e. The van der Waals surface area contributed by atoms with Crippen LogP contribution in [0.25, 0.3) is 0 Å². The van der Waals surface area contributed by atoms with Gasteiger partial charge in [0.05, 0.1) is 6.54 Å². The van der Waals surface area contributed by atoms with Gasteiger partial charge in [-0.2, -0.15) is 4.98 Å². The van der Waals surface area contributed by atoms with Gasteiger partial charge in [-0.3, -0.25) is 0 Å².